The quantitative estimate of drug-likeness (QED) is 0.588. The van der Waals surface area contributed by atoms with E-state index in [9.17, 15) is 0 Å². The number of hydrogen-bond acceptors (Lipinski definition) is 4. The molecule has 0 bridgehead atoms. The van der Waals surface area contributed by atoms with Crippen molar-refractivity contribution < 1.29 is 0 Å². The molecule has 0 fully saturated rings. The van der Waals surface area contributed by atoms with Crippen molar-refractivity contribution in [2.24, 2.45) is 0 Å². The molecule has 0 saturated carbocycles. The van der Waals surface area contributed by atoms with Gasteiger partial charge in [0, 0.05) is 12.1 Å². The lowest BCUT2D eigenvalue weighted by atomic mass is 10.0. The predicted molar refractivity (Wildman–Crippen MR) is 101 cm³/mol. The average molecular weight is 331 g/mol. The van der Waals surface area contributed by atoms with Crippen LogP contribution in [0.1, 0.15) is 38.1 Å². The van der Waals surface area contributed by atoms with E-state index in [4.69, 9.17) is 4.98 Å². The van der Waals surface area contributed by atoms with Gasteiger partial charge in [-0.25, -0.2) is 4.98 Å². The molecule has 5 nitrogen and oxygen atoms in total. The summed E-state index contributed by atoms with van der Waals surface area (Å²) in [4.78, 5) is 4.77. The van der Waals surface area contributed by atoms with Gasteiger partial charge in [-0.1, -0.05) is 45.0 Å². The molecule has 4 aromatic rings. The van der Waals surface area contributed by atoms with Gasteiger partial charge in [0.1, 0.15) is 5.82 Å². The number of aryl methyl sites for hydroxylation is 1. The fraction of sp³-hybridized carbons (Fsp3) is 0.250. The molecule has 0 unspecified atom stereocenters. The van der Waals surface area contributed by atoms with E-state index in [1.54, 1.807) is 0 Å². The van der Waals surface area contributed by atoms with Crippen LogP contribution in [0.25, 0.3) is 16.7 Å². The maximum absolute atomic E-state index is 4.77. The van der Waals surface area contributed by atoms with Crippen molar-refractivity contribution in [1.82, 2.24) is 19.6 Å². The van der Waals surface area contributed by atoms with Crippen LogP contribution in [0, 0.1) is 0 Å². The van der Waals surface area contributed by atoms with Gasteiger partial charge in [0.2, 0.25) is 5.65 Å². The molecular weight excluding hydrogens is 310 g/mol. The number of hydrogen-bond donors (Lipinski definition) is 1. The van der Waals surface area contributed by atoms with E-state index in [0.29, 0.717) is 5.92 Å². The molecule has 126 valence electrons. The Balaban J connectivity index is 1.84. The Morgan fingerprint density at radius 1 is 1.00 bits per heavy atom. The minimum Gasteiger partial charge on any atom is -0.337 e. The van der Waals surface area contributed by atoms with Gasteiger partial charge in [0.25, 0.3) is 0 Å². The van der Waals surface area contributed by atoms with E-state index in [1.165, 1.54) is 5.56 Å². The summed E-state index contributed by atoms with van der Waals surface area (Å²) in [6.07, 6.45) is 0.817. The summed E-state index contributed by atoms with van der Waals surface area (Å²) in [7, 11) is 0. The van der Waals surface area contributed by atoms with Gasteiger partial charge in [-0.05, 0) is 35.7 Å². The SMILES string of the molecule is CCc1nnc2c(Nc3ccc(C(C)C)cc3)nc3ccccc3n12. The Bertz CT molecular complexity index is 1030. The standard InChI is InChI=1S/C20H21N5/c1-4-18-23-24-20-19(21-15-11-9-14(10-12-15)13(2)3)22-16-7-5-6-8-17(16)25(18)20/h5-13H,4H2,1-3H3,(H,21,22). The maximum atomic E-state index is 4.77. The number of nitrogens with zero attached hydrogens (tertiary/aromatic N) is 4. The second-order valence-electron chi connectivity index (χ2n) is 6.48. The van der Waals surface area contributed by atoms with Crippen LogP contribution in [0.4, 0.5) is 11.5 Å². The lowest BCUT2D eigenvalue weighted by Crippen LogP contribution is -2.02. The van der Waals surface area contributed by atoms with Crippen LogP contribution in [0.2, 0.25) is 0 Å². The number of nitrogens with one attached hydrogen (secondary N) is 1. The third-order valence-electron chi connectivity index (χ3n) is 4.45. The summed E-state index contributed by atoms with van der Waals surface area (Å²) < 4.78 is 2.09. The smallest absolute Gasteiger partial charge is 0.204 e. The number of aromatic nitrogens is 4. The Morgan fingerprint density at radius 3 is 2.48 bits per heavy atom. The van der Waals surface area contributed by atoms with E-state index >= 15 is 0 Å². The van der Waals surface area contributed by atoms with Crippen LogP contribution in [0.15, 0.2) is 48.5 Å². The highest BCUT2D eigenvalue weighted by Gasteiger charge is 2.14. The summed E-state index contributed by atoms with van der Waals surface area (Å²) in [5.74, 6) is 2.18. The van der Waals surface area contributed by atoms with Gasteiger partial charge in [-0.2, -0.15) is 0 Å². The molecule has 0 saturated heterocycles. The first kappa shape index (κ1) is 15.6. The van der Waals surface area contributed by atoms with E-state index in [2.05, 4.69) is 71.0 Å². The zero-order chi connectivity index (χ0) is 17.4. The Morgan fingerprint density at radius 2 is 1.76 bits per heavy atom. The fourth-order valence-corrected chi connectivity index (χ4v) is 3.04. The van der Waals surface area contributed by atoms with Gasteiger partial charge in [0.05, 0.1) is 11.0 Å². The molecule has 0 amide bonds. The van der Waals surface area contributed by atoms with E-state index in [0.717, 1.165) is 40.4 Å². The van der Waals surface area contributed by atoms with E-state index < -0.39 is 0 Å². The highest BCUT2D eigenvalue weighted by Crippen LogP contribution is 2.25. The first-order chi connectivity index (χ1) is 12.2. The minimum atomic E-state index is 0.517. The number of benzene rings is 2. The van der Waals surface area contributed by atoms with Crippen molar-refractivity contribution >= 4 is 28.2 Å². The van der Waals surface area contributed by atoms with Crippen LogP contribution < -0.4 is 5.32 Å². The van der Waals surface area contributed by atoms with Crippen LogP contribution in [0.5, 0.6) is 0 Å². The lowest BCUT2D eigenvalue weighted by molar-refractivity contribution is 0.867. The highest BCUT2D eigenvalue weighted by molar-refractivity contribution is 5.84. The normalized spacial score (nSPS) is 11.5. The first-order valence-electron chi connectivity index (χ1n) is 8.67. The average Bonchev–Trinajstić information content (AvgIpc) is 3.07. The van der Waals surface area contributed by atoms with Gasteiger partial charge < -0.3 is 5.32 Å². The Labute approximate surface area is 146 Å². The van der Waals surface area contributed by atoms with Crippen molar-refractivity contribution in [2.75, 3.05) is 5.32 Å². The molecule has 2 heterocycles. The van der Waals surface area contributed by atoms with Crippen molar-refractivity contribution in [2.45, 2.75) is 33.1 Å². The molecule has 0 aliphatic heterocycles. The number of fused-ring (bicyclic) bond motifs is 3. The molecule has 2 aromatic heterocycles. The third kappa shape index (κ3) is 2.71. The molecular formula is C20H21N5. The summed E-state index contributed by atoms with van der Waals surface area (Å²) in [5, 5.41) is 12.1. The van der Waals surface area contributed by atoms with E-state index in [-0.39, 0.29) is 0 Å². The Hall–Kier alpha value is -2.95. The third-order valence-corrected chi connectivity index (χ3v) is 4.45. The summed E-state index contributed by atoms with van der Waals surface area (Å²) in [6, 6.07) is 16.5. The maximum Gasteiger partial charge on any atom is 0.204 e. The zero-order valence-electron chi connectivity index (χ0n) is 14.7. The molecule has 2 aromatic carbocycles. The molecule has 0 aliphatic carbocycles. The van der Waals surface area contributed by atoms with Crippen LogP contribution in [-0.4, -0.2) is 19.6 Å². The molecule has 0 spiro atoms. The summed E-state index contributed by atoms with van der Waals surface area (Å²) in [6.45, 7) is 6.47. The molecule has 4 rings (SSSR count). The highest BCUT2D eigenvalue weighted by atomic mass is 15.3. The van der Waals surface area contributed by atoms with Crippen molar-refractivity contribution in [1.29, 1.82) is 0 Å². The topological polar surface area (TPSA) is 55.1 Å². The van der Waals surface area contributed by atoms with Crippen LogP contribution in [0.3, 0.4) is 0 Å². The lowest BCUT2D eigenvalue weighted by Gasteiger charge is -2.11. The van der Waals surface area contributed by atoms with Crippen LogP contribution in [-0.2, 0) is 6.42 Å². The largest absolute Gasteiger partial charge is 0.337 e. The Kier molecular flexibility index (Phi) is 3.84. The molecule has 1 N–H and O–H groups in total. The van der Waals surface area contributed by atoms with Crippen molar-refractivity contribution in [3.63, 3.8) is 0 Å². The zero-order valence-corrected chi connectivity index (χ0v) is 14.7. The van der Waals surface area contributed by atoms with Crippen molar-refractivity contribution in [3.05, 3.63) is 59.9 Å². The van der Waals surface area contributed by atoms with Crippen molar-refractivity contribution in [3.8, 4) is 0 Å². The molecule has 0 radical (unpaired) electrons. The van der Waals surface area contributed by atoms with E-state index in [1.807, 2.05) is 18.2 Å². The number of anilines is 2. The van der Waals surface area contributed by atoms with Gasteiger partial charge in [0.15, 0.2) is 5.82 Å². The van der Waals surface area contributed by atoms with Gasteiger partial charge >= 0.3 is 0 Å². The second kappa shape index (κ2) is 6.16. The summed E-state index contributed by atoms with van der Waals surface area (Å²) >= 11 is 0. The fourth-order valence-electron chi connectivity index (χ4n) is 3.04. The minimum absolute atomic E-state index is 0.517. The predicted octanol–water partition coefficient (Wildman–Crippen LogP) is 4.71. The molecule has 25 heavy (non-hydrogen) atoms. The summed E-state index contributed by atoms with van der Waals surface area (Å²) in [5.41, 5.74) is 5.02. The van der Waals surface area contributed by atoms with Crippen LogP contribution >= 0.6 is 0 Å². The second-order valence-corrected chi connectivity index (χ2v) is 6.48. The van der Waals surface area contributed by atoms with Gasteiger partial charge in [-0.3, -0.25) is 4.40 Å². The monoisotopic (exact) mass is 331 g/mol. The molecule has 5 heteroatoms. The molecule has 0 atom stereocenters. The first-order valence-corrected chi connectivity index (χ1v) is 8.67. The number of rotatable bonds is 4. The van der Waals surface area contributed by atoms with Gasteiger partial charge in [-0.15, -0.1) is 10.2 Å². The molecule has 0 aliphatic rings. The number of para-hydroxylation sites is 2.